The minimum absolute atomic E-state index is 0.153. The van der Waals surface area contributed by atoms with Crippen LogP contribution in [0.15, 0.2) is 42.5 Å². The highest BCUT2D eigenvalue weighted by Crippen LogP contribution is 2.37. The molecular formula is C19H25NO3. The van der Waals surface area contributed by atoms with Crippen LogP contribution in [0.2, 0.25) is 0 Å². The summed E-state index contributed by atoms with van der Waals surface area (Å²) in [7, 11) is 0. The van der Waals surface area contributed by atoms with Crippen molar-refractivity contribution in [2.24, 2.45) is 5.92 Å². The minimum atomic E-state index is -1.78. The summed E-state index contributed by atoms with van der Waals surface area (Å²) in [5.41, 5.74) is -0.901. The molecule has 0 saturated carbocycles. The van der Waals surface area contributed by atoms with Crippen LogP contribution in [0.5, 0.6) is 0 Å². The van der Waals surface area contributed by atoms with Crippen molar-refractivity contribution in [2.75, 3.05) is 13.1 Å². The summed E-state index contributed by atoms with van der Waals surface area (Å²) in [4.78, 5) is 15.2. The van der Waals surface area contributed by atoms with E-state index >= 15 is 0 Å². The van der Waals surface area contributed by atoms with Crippen LogP contribution in [-0.4, -0.2) is 41.2 Å². The number of piperidine rings is 3. The number of aliphatic hydroxyl groups is 1. The summed E-state index contributed by atoms with van der Waals surface area (Å²) in [5.74, 6) is -0.217. The number of benzene rings is 1. The van der Waals surface area contributed by atoms with Crippen LogP contribution >= 0.6 is 0 Å². The van der Waals surface area contributed by atoms with E-state index in [0.29, 0.717) is 17.1 Å². The molecule has 2 bridgehead atoms. The van der Waals surface area contributed by atoms with Gasteiger partial charge in [0.25, 0.3) is 0 Å². The van der Waals surface area contributed by atoms with Crippen molar-refractivity contribution in [2.45, 2.75) is 44.4 Å². The molecule has 3 saturated heterocycles. The van der Waals surface area contributed by atoms with Crippen molar-refractivity contribution in [3.05, 3.63) is 48.0 Å². The Morgan fingerprint density at radius 3 is 2.43 bits per heavy atom. The Labute approximate surface area is 137 Å². The van der Waals surface area contributed by atoms with Crippen LogP contribution in [0.25, 0.3) is 0 Å². The van der Waals surface area contributed by atoms with Crippen LogP contribution in [0.1, 0.15) is 32.3 Å². The minimum Gasteiger partial charge on any atom is -0.458 e. The van der Waals surface area contributed by atoms with E-state index in [1.54, 1.807) is 31.2 Å². The first-order valence-electron chi connectivity index (χ1n) is 8.33. The number of fused-ring (bicyclic) bond motifs is 3. The zero-order valence-corrected chi connectivity index (χ0v) is 13.9. The number of esters is 1. The molecule has 1 N–H and O–H groups in total. The SMILES string of the molecule is C=C(C)[C@@](O)(C(=O)O[C@H]1C2CCN(CC2)[C@H]1C)c1ccccc1. The summed E-state index contributed by atoms with van der Waals surface area (Å²) in [6.45, 7) is 9.73. The molecule has 0 amide bonds. The molecule has 4 rings (SSSR count). The lowest BCUT2D eigenvalue weighted by atomic mass is 9.80. The highest BCUT2D eigenvalue weighted by molar-refractivity contribution is 5.85. The molecule has 3 aliphatic heterocycles. The van der Waals surface area contributed by atoms with Gasteiger partial charge in [-0.3, -0.25) is 4.90 Å². The molecule has 3 atom stereocenters. The second kappa shape index (κ2) is 6.10. The van der Waals surface area contributed by atoms with E-state index < -0.39 is 11.6 Å². The fourth-order valence-electron chi connectivity index (χ4n) is 3.88. The van der Waals surface area contributed by atoms with Gasteiger partial charge < -0.3 is 9.84 Å². The van der Waals surface area contributed by atoms with Crippen LogP contribution < -0.4 is 0 Å². The predicted molar refractivity (Wildman–Crippen MR) is 88.8 cm³/mol. The van der Waals surface area contributed by atoms with Crippen LogP contribution in [-0.2, 0) is 15.1 Å². The monoisotopic (exact) mass is 315 g/mol. The third-order valence-corrected chi connectivity index (χ3v) is 5.44. The van der Waals surface area contributed by atoms with Crippen LogP contribution in [0, 0.1) is 5.92 Å². The van der Waals surface area contributed by atoms with Crippen molar-refractivity contribution >= 4 is 5.97 Å². The summed E-state index contributed by atoms with van der Waals surface area (Å²) in [6.07, 6.45) is 1.96. The quantitative estimate of drug-likeness (QED) is 0.685. The summed E-state index contributed by atoms with van der Waals surface area (Å²) >= 11 is 0. The molecule has 0 aliphatic carbocycles. The Morgan fingerprint density at radius 1 is 1.30 bits per heavy atom. The van der Waals surface area contributed by atoms with E-state index in [0.717, 1.165) is 25.9 Å². The molecule has 0 unspecified atom stereocenters. The zero-order valence-electron chi connectivity index (χ0n) is 13.9. The van der Waals surface area contributed by atoms with Crippen LogP contribution in [0.3, 0.4) is 0 Å². The maximum absolute atomic E-state index is 12.8. The first-order valence-corrected chi connectivity index (χ1v) is 8.33. The number of ether oxygens (including phenoxy) is 1. The Kier molecular flexibility index (Phi) is 4.30. The largest absolute Gasteiger partial charge is 0.458 e. The second-order valence-electron chi connectivity index (χ2n) is 6.84. The Morgan fingerprint density at radius 2 is 1.91 bits per heavy atom. The highest BCUT2D eigenvalue weighted by atomic mass is 16.6. The smallest absolute Gasteiger partial charge is 0.347 e. The average molecular weight is 315 g/mol. The van der Waals surface area contributed by atoms with Crippen molar-refractivity contribution in [1.82, 2.24) is 4.90 Å². The second-order valence-corrected chi connectivity index (χ2v) is 6.84. The van der Waals surface area contributed by atoms with E-state index in [9.17, 15) is 9.90 Å². The lowest BCUT2D eigenvalue weighted by Gasteiger charge is -2.49. The van der Waals surface area contributed by atoms with Gasteiger partial charge in [-0.25, -0.2) is 4.79 Å². The molecule has 23 heavy (non-hydrogen) atoms. The van der Waals surface area contributed by atoms with E-state index in [4.69, 9.17) is 4.74 Å². The fraction of sp³-hybridized carbons (Fsp3) is 0.526. The summed E-state index contributed by atoms with van der Waals surface area (Å²) in [6, 6.07) is 9.12. The van der Waals surface area contributed by atoms with E-state index in [1.165, 1.54) is 0 Å². The third-order valence-electron chi connectivity index (χ3n) is 5.44. The maximum atomic E-state index is 12.8. The normalized spacial score (nSPS) is 32.1. The molecule has 4 heteroatoms. The van der Waals surface area contributed by atoms with Crippen LogP contribution in [0.4, 0.5) is 0 Å². The molecule has 0 radical (unpaired) electrons. The summed E-state index contributed by atoms with van der Waals surface area (Å²) in [5, 5.41) is 11.0. The van der Waals surface area contributed by atoms with Crippen molar-refractivity contribution < 1.29 is 14.6 Å². The number of carbonyl (C=O) groups is 1. The molecule has 1 aromatic carbocycles. The van der Waals surface area contributed by atoms with E-state index in [-0.39, 0.29) is 12.1 Å². The van der Waals surface area contributed by atoms with Gasteiger partial charge in [-0.1, -0.05) is 36.9 Å². The predicted octanol–water partition coefficient (Wildman–Crippen LogP) is 2.48. The van der Waals surface area contributed by atoms with Gasteiger partial charge in [0.15, 0.2) is 0 Å². The molecule has 1 aromatic rings. The molecule has 0 aromatic heterocycles. The van der Waals surface area contributed by atoms with Gasteiger partial charge in [-0.05, 0) is 56.8 Å². The van der Waals surface area contributed by atoms with Gasteiger partial charge in [0.05, 0.1) is 0 Å². The van der Waals surface area contributed by atoms with Crippen molar-refractivity contribution in [3.8, 4) is 0 Å². The maximum Gasteiger partial charge on any atom is 0.347 e. The molecule has 4 nitrogen and oxygen atoms in total. The Bertz CT molecular complexity index is 590. The van der Waals surface area contributed by atoms with Gasteiger partial charge in [0, 0.05) is 6.04 Å². The number of nitrogens with zero attached hydrogens (tertiary/aromatic N) is 1. The number of carbonyl (C=O) groups excluding carboxylic acids is 1. The highest BCUT2D eigenvalue weighted by Gasteiger charge is 2.47. The molecule has 3 heterocycles. The zero-order chi connectivity index (χ0) is 16.6. The van der Waals surface area contributed by atoms with Gasteiger partial charge >= 0.3 is 5.97 Å². The van der Waals surface area contributed by atoms with Gasteiger partial charge in [-0.2, -0.15) is 0 Å². The molecule has 124 valence electrons. The van der Waals surface area contributed by atoms with Gasteiger partial charge in [0.2, 0.25) is 5.60 Å². The van der Waals surface area contributed by atoms with Crippen molar-refractivity contribution in [3.63, 3.8) is 0 Å². The molecule has 0 spiro atoms. The molecule has 3 fully saturated rings. The Hall–Kier alpha value is -1.65. The van der Waals surface area contributed by atoms with Gasteiger partial charge in [0.1, 0.15) is 6.10 Å². The third kappa shape index (κ3) is 2.70. The first-order chi connectivity index (χ1) is 10.9. The standard InChI is InChI=1S/C19H25NO3/c1-13(2)19(22,16-7-5-4-6-8-16)18(21)23-17-14(3)20-11-9-15(17)10-12-20/h4-8,14-15,17,22H,1,9-12H2,2-3H3/t14-,17+,19-/m0/s1. The number of rotatable bonds is 4. The average Bonchev–Trinajstić information content (AvgIpc) is 2.58. The summed E-state index contributed by atoms with van der Waals surface area (Å²) < 4.78 is 5.83. The Balaban J connectivity index is 1.84. The number of hydrogen-bond donors (Lipinski definition) is 1. The lowest BCUT2D eigenvalue weighted by molar-refractivity contribution is -0.183. The first kappa shape index (κ1) is 16.2. The molecular weight excluding hydrogens is 290 g/mol. The van der Waals surface area contributed by atoms with E-state index in [1.807, 2.05) is 6.07 Å². The van der Waals surface area contributed by atoms with E-state index in [2.05, 4.69) is 18.4 Å². The lowest BCUT2D eigenvalue weighted by Crippen LogP contribution is -2.58. The number of hydrogen-bond acceptors (Lipinski definition) is 4. The molecule has 3 aliphatic rings. The van der Waals surface area contributed by atoms with Crippen molar-refractivity contribution in [1.29, 1.82) is 0 Å². The van der Waals surface area contributed by atoms with Gasteiger partial charge in [-0.15, -0.1) is 0 Å². The fourth-order valence-corrected chi connectivity index (χ4v) is 3.88. The topological polar surface area (TPSA) is 49.8 Å².